The molecule has 0 unspecified atom stereocenters. The van der Waals surface area contributed by atoms with Gasteiger partial charge in [0.25, 0.3) is 0 Å². The Bertz CT molecular complexity index is 427. The summed E-state index contributed by atoms with van der Waals surface area (Å²) in [5, 5.41) is 3.01. The Morgan fingerprint density at radius 3 is 2.68 bits per heavy atom. The van der Waals surface area contributed by atoms with Crippen LogP contribution >= 0.6 is 27.3 Å². The van der Waals surface area contributed by atoms with Crippen LogP contribution in [0, 0.1) is 5.41 Å². The van der Waals surface area contributed by atoms with Crippen LogP contribution in [0.1, 0.15) is 43.4 Å². The smallest absolute Gasteiger partial charge is 0.220 e. The maximum atomic E-state index is 12.1. The maximum Gasteiger partial charge on any atom is 0.220 e. The van der Waals surface area contributed by atoms with E-state index >= 15 is 0 Å². The second-order valence-electron chi connectivity index (χ2n) is 5.42. The molecule has 1 saturated carbocycles. The van der Waals surface area contributed by atoms with Crippen molar-refractivity contribution in [2.45, 2.75) is 45.1 Å². The van der Waals surface area contributed by atoms with E-state index in [2.05, 4.69) is 21.2 Å². The van der Waals surface area contributed by atoms with Gasteiger partial charge in [0.1, 0.15) is 0 Å². The summed E-state index contributed by atoms with van der Waals surface area (Å²) >= 11 is 5.09. The van der Waals surface area contributed by atoms with Crippen LogP contribution in [0.15, 0.2) is 15.9 Å². The van der Waals surface area contributed by atoms with Crippen molar-refractivity contribution in [3.05, 3.63) is 20.8 Å². The zero-order valence-electron chi connectivity index (χ0n) is 11.1. The van der Waals surface area contributed by atoms with Gasteiger partial charge in [-0.05, 0) is 52.9 Å². The van der Waals surface area contributed by atoms with E-state index < -0.39 is 0 Å². The van der Waals surface area contributed by atoms with Gasteiger partial charge in [0.2, 0.25) is 5.91 Å². The molecule has 1 amide bonds. The lowest BCUT2D eigenvalue weighted by molar-refractivity contribution is -0.124. The molecule has 1 aromatic heterocycles. The van der Waals surface area contributed by atoms with E-state index in [0.29, 0.717) is 19.5 Å². The largest absolute Gasteiger partial charge is 0.351 e. The average Bonchev–Trinajstić information content (AvgIpc) is 2.83. The van der Waals surface area contributed by atoms with Crippen molar-refractivity contribution in [1.29, 1.82) is 0 Å². The number of rotatable bonds is 5. The van der Waals surface area contributed by atoms with E-state index in [1.807, 2.05) is 12.1 Å². The Morgan fingerprint density at radius 1 is 1.37 bits per heavy atom. The molecule has 1 fully saturated rings. The molecule has 106 valence electrons. The SMILES string of the molecule is NCC1(CC(=O)NCc2ccc(Br)s2)CCCCC1. The Kier molecular flexibility index (Phi) is 5.42. The van der Waals surface area contributed by atoms with Crippen molar-refractivity contribution in [1.82, 2.24) is 5.32 Å². The molecule has 0 aromatic carbocycles. The molecule has 2 rings (SSSR count). The molecular weight excluding hydrogens is 324 g/mol. The van der Waals surface area contributed by atoms with E-state index in [1.54, 1.807) is 11.3 Å². The Morgan fingerprint density at radius 2 is 2.11 bits per heavy atom. The van der Waals surface area contributed by atoms with Gasteiger partial charge >= 0.3 is 0 Å². The van der Waals surface area contributed by atoms with Crippen molar-refractivity contribution in [3.8, 4) is 0 Å². The van der Waals surface area contributed by atoms with Crippen LogP contribution in [0.4, 0.5) is 0 Å². The van der Waals surface area contributed by atoms with Crippen LogP contribution < -0.4 is 11.1 Å². The van der Waals surface area contributed by atoms with Gasteiger partial charge in [0, 0.05) is 11.3 Å². The molecule has 1 aliphatic rings. The normalized spacial score (nSPS) is 18.2. The predicted molar refractivity (Wildman–Crippen MR) is 83.1 cm³/mol. The summed E-state index contributed by atoms with van der Waals surface area (Å²) in [5.41, 5.74) is 5.97. The molecule has 0 spiro atoms. The topological polar surface area (TPSA) is 55.1 Å². The van der Waals surface area contributed by atoms with Gasteiger partial charge < -0.3 is 11.1 Å². The number of hydrogen-bond acceptors (Lipinski definition) is 3. The molecule has 1 heterocycles. The molecule has 1 aromatic rings. The minimum atomic E-state index is 0.0539. The monoisotopic (exact) mass is 344 g/mol. The average molecular weight is 345 g/mol. The number of halogens is 1. The van der Waals surface area contributed by atoms with E-state index in [0.717, 1.165) is 16.6 Å². The standard InChI is InChI=1S/C14H21BrN2OS/c15-12-5-4-11(19-12)9-17-13(18)8-14(10-16)6-2-1-3-7-14/h4-5H,1-3,6-10,16H2,(H,17,18). The van der Waals surface area contributed by atoms with E-state index in [9.17, 15) is 4.79 Å². The van der Waals surface area contributed by atoms with E-state index in [4.69, 9.17) is 5.73 Å². The highest BCUT2D eigenvalue weighted by molar-refractivity contribution is 9.11. The highest BCUT2D eigenvalue weighted by Gasteiger charge is 2.32. The summed E-state index contributed by atoms with van der Waals surface area (Å²) in [7, 11) is 0. The van der Waals surface area contributed by atoms with Crippen LogP contribution in [0.5, 0.6) is 0 Å². The van der Waals surface area contributed by atoms with Gasteiger partial charge in [-0.1, -0.05) is 19.3 Å². The molecule has 0 atom stereocenters. The number of carbonyl (C=O) groups excluding carboxylic acids is 1. The Balaban J connectivity index is 1.82. The first kappa shape index (κ1) is 15.0. The summed E-state index contributed by atoms with van der Waals surface area (Å²) in [5.74, 6) is 0.136. The second kappa shape index (κ2) is 6.86. The zero-order valence-corrected chi connectivity index (χ0v) is 13.5. The van der Waals surface area contributed by atoms with Gasteiger partial charge in [-0.2, -0.15) is 0 Å². The first-order valence-corrected chi connectivity index (χ1v) is 8.45. The van der Waals surface area contributed by atoms with Crippen LogP contribution in [-0.4, -0.2) is 12.5 Å². The molecule has 19 heavy (non-hydrogen) atoms. The van der Waals surface area contributed by atoms with E-state index in [1.165, 1.54) is 24.1 Å². The summed E-state index contributed by atoms with van der Waals surface area (Å²) in [6.45, 7) is 1.25. The summed E-state index contributed by atoms with van der Waals surface area (Å²) < 4.78 is 1.10. The number of nitrogens with one attached hydrogen (secondary N) is 1. The highest BCUT2D eigenvalue weighted by Crippen LogP contribution is 2.38. The number of carbonyl (C=O) groups is 1. The summed E-state index contributed by atoms with van der Waals surface area (Å²) in [6.07, 6.45) is 6.48. The fourth-order valence-corrected chi connectivity index (χ4v) is 4.21. The Hall–Kier alpha value is -0.390. The minimum absolute atomic E-state index is 0.0539. The molecule has 3 N–H and O–H groups in total. The first-order valence-electron chi connectivity index (χ1n) is 6.85. The van der Waals surface area contributed by atoms with Crippen LogP contribution in [-0.2, 0) is 11.3 Å². The number of hydrogen-bond donors (Lipinski definition) is 2. The number of amides is 1. The fraction of sp³-hybridized carbons (Fsp3) is 0.643. The molecule has 5 heteroatoms. The molecule has 1 aliphatic carbocycles. The molecule has 0 aliphatic heterocycles. The quantitative estimate of drug-likeness (QED) is 0.859. The summed E-state index contributed by atoms with van der Waals surface area (Å²) in [4.78, 5) is 13.3. The lowest BCUT2D eigenvalue weighted by Crippen LogP contribution is -2.38. The van der Waals surface area contributed by atoms with Crippen molar-refractivity contribution >= 4 is 33.2 Å². The van der Waals surface area contributed by atoms with Crippen molar-refractivity contribution in [2.75, 3.05) is 6.54 Å². The molecule has 0 radical (unpaired) electrons. The third kappa shape index (κ3) is 4.29. The minimum Gasteiger partial charge on any atom is -0.351 e. The molecule has 0 bridgehead atoms. The molecule has 0 saturated heterocycles. The summed E-state index contributed by atoms with van der Waals surface area (Å²) in [6, 6.07) is 4.04. The van der Waals surface area contributed by atoms with E-state index in [-0.39, 0.29) is 11.3 Å². The van der Waals surface area contributed by atoms with Crippen molar-refractivity contribution < 1.29 is 4.79 Å². The van der Waals surface area contributed by atoms with Crippen molar-refractivity contribution in [2.24, 2.45) is 11.1 Å². The van der Waals surface area contributed by atoms with Gasteiger partial charge in [-0.25, -0.2) is 0 Å². The van der Waals surface area contributed by atoms with Gasteiger partial charge in [0.15, 0.2) is 0 Å². The molecular formula is C14H21BrN2OS. The van der Waals surface area contributed by atoms with Gasteiger partial charge in [0.05, 0.1) is 10.3 Å². The second-order valence-corrected chi connectivity index (χ2v) is 7.97. The van der Waals surface area contributed by atoms with Gasteiger partial charge in [-0.3, -0.25) is 4.79 Å². The Labute approximate surface area is 127 Å². The fourth-order valence-electron chi connectivity index (χ4n) is 2.79. The lowest BCUT2D eigenvalue weighted by atomic mass is 9.71. The number of nitrogens with two attached hydrogens (primary N) is 1. The number of thiophene rings is 1. The predicted octanol–water partition coefficient (Wildman–Crippen LogP) is 3.43. The van der Waals surface area contributed by atoms with Crippen molar-refractivity contribution in [3.63, 3.8) is 0 Å². The van der Waals surface area contributed by atoms with Crippen LogP contribution in [0.3, 0.4) is 0 Å². The van der Waals surface area contributed by atoms with Crippen LogP contribution in [0.25, 0.3) is 0 Å². The third-order valence-electron chi connectivity index (χ3n) is 3.97. The maximum absolute atomic E-state index is 12.1. The lowest BCUT2D eigenvalue weighted by Gasteiger charge is -2.35. The van der Waals surface area contributed by atoms with Gasteiger partial charge in [-0.15, -0.1) is 11.3 Å². The third-order valence-corrected chi connectivity index (χ3v) is 5.60. The first-order chi connectivity index (χ1) is 9.13. The zero-order chi connectivity index (χ0) is 13.7. The van der Waals surface area contributed by atoms with Crippen LogP contribution in [0.2, 0.25) is 0 Å². The molecule has 3 nitrogen and oxygen atoms in total. The highest BCUT2D eigenvalue weighted by atomic mass is 79.9.